The van der Waals surface area contributed by atoms with Gasteiger partial charge in [-0.15, -0.1) is 5.10 Å². The second kappa shape index (κ2) is 7.24. The van der Waals surface area contributed by atoms with Crippen LogP contribution in [0.5, 0.6) is 0 Å². The normalized spacial score (nSPS) is 13.9. The molecule has 7 heteroatoms. The van der Waals surface area contributed by atoms with Gasteiger partial charge in [0.1, 0.15) is 5.82 Å². The van der Waals surface area contributed by atoms with E-state index in [2.05, 4.69) is 51.7 Å². The highest BCUT2D eigenvalue weighted by Gasteiger charge is 2.22. The predicted octanol–water partition coefficient (Wildman–Crippen LogP) is 4.56. The number of pyridine rings is 2. The maximum atomic E-state index is 4.73. The van der Waals surface area contributed by atoms with E-state index in [-0.39, 0.29) is 0 Å². The zero-order valence-electron chi connectivity index (χ0n) is 16.6. The number of anilines is 2. The molecule has 4 aromatic rings. The Morgan fingerprint density at radius 2 is 1.93 bits per heavy atom. The zero-order valence-corrected chi connectivity index (χ0v) is 16.6. The lowest BCUT2D eigenvalue weighted by atomic mass is 10.1. The molecular weight excluding hydrogens is 362 g/mol. The standard InChI is InChI=1S/C22H23N7/c1-14(2)16-8-22(28-24-10-16)27-21-6-5-19-20(26-21)7-17(9-23-19)18-11-25-29(13-18)12-15-3-4-15/h5-11,13-15H,3-4,12H2,1-2H3,(H,26,27,28). The van der Waals surface area contributed by atoms with Gasteiger partial charge in [0.15, 0.2) is 5.82 Å². The minimum Gasteiger partial charge on any atom is -0.323 e. The van der Waals surface area contributed by atoms with Crippen molar-refractivity contribution < 1.29 is 0 Å². The SMILES string of the molecule is CC(C)c1cnnc(Nc2ccc3ncc(-c4cnn(CC5CC5)c4)cc3n2)c1. The molecule has 0 amide bonds. The van der Waals surface area contributed by atoms with Gasteiger partial charge in [-0.05, 0) is 54.5 Å². The molecule has 4 heterocycles. The van der Waals surface area contributed by atoms with Crippen LogP contribution in [0, 0.1) is 5.92 Å². The first-order valence-electron chi connectivity index (χ1n) is 10.0. The molecule has 1 aliphatic rings. The summed E-state index contributed by atoms with van der Waals surface area (Å²) in [6, 6.07) is 7.94. The van der Waals surface area contributed by atoms with Crippen LogP contribution < -0.4 is 5.32 Å². The molecule has 0 saturated heterocycles. The third-order valence-electron chi connectivity index (χ3n) is 5.24. The molecule has 0 aliphatic heterocycles. The summed E-state index contributed by atoms with van der Waals surface area (Å²) in [7, 11) is 0. The molecule has 0 bridgehead atoms. The second-order valence-corrected chi connectivity index (χ2v) is 8.01. The van der Waals surface area contributed by atoms with Gasteiger partial charge in [0.25, 0.3) is 0 Å². The van der Waals surface area contributed by atoms with Crippen molar-refractivity contribution >= 4 is 22.7 Å². The summed E-state index contributed by atoms with van der Waals surface area (Å²) >= 11 is 0. The second-order valence-electron chi connectivity index (χ2n) is 8.01. The lowest BCUT2D eigenvalue weighted by molar-refractivity contribution is 0.563. The van der Waals surface area contributed by atoms with E-state index in [0.29, 0.717) is 11.7 Å². The third-order valence-corrected chi connectivity index (χ3v) is 5.24. The topological polar surface area (TPSA) is 81.4 Å². The van der Waals surface area contributed by atoms with Gasteiger partial charge in [0.2, 0.25) is 0 Å². The molecule has 29 heavy (non-hydrogen) atoms. The molecule has 1 fully saturated rings. The number of rotatable bonds is 6. The number of fused-ring (bicyclic) bond motifs is 1. The predicted molar refractivity (Wildman–Crippen MR) is 113 cm³/mol. The van der Waals surface area contributed by atoms with Gasteiger partial charge >= 0.3 is 0 Å². The summed E-state index contributed by atoms with van der Waals surface area (Å²) in [5.74, 6) is 2.60. The molecule has 0 atom stereocenters. The van der Waals surface area contributed by atoms with Crippen LogP contribution in [0.2, 0.25) is 0 Å². The maximum Gasteiger partial charge on any atom is 0.154 e. The van der Waals surface area contributed by atoms with Crippen LogP contribution >= 0.6 is 0 Å². The first-order valence-corrected chi connectivity index (χ1v) is 10.0. The number of hydrogen-bond donors (Lipinski definition) is 1. The van der Waals surface area contributed by atoms with Gasteiger partial charge in [-0.2, -0.15) is 10.2 Å². The first-order chi connectivity index (χ1) is 14.1. The van der Waals surface area contributed by atoms with E-state index in [4.69, 9.17) is 4.98 Å². The highest BCUT2D eigenvalue weighted by molar-refractivity contribution is 5.81. The average molecular weight is 385 g/mol. The molecule has 0 radical (unpaired) electrons. The van der Waals surface area contributed by atoms with Gasteiger partial charge in [0, 0.05) is 30.1 Å². The summed E-state index contributed by atoms with van der Waals surface area (Å²) in [4.78, 5) is 9.30. The van der Waals surface area contributed by atoms with E-state index in [1.165, 1.54) is 12.8 Å². The number of aromatic nitrogens is 6. The molecule has 1 aliphatic carbocycles. The highest BCUT2D eigenvalue weighted by Crippen LogP contribution is 2.31. The molecular formula is C22H23N7. The summed E-state index contributed by atoms with van der Waals surface area (Å²) in [6.07, 6.45) is 10.3. The van der Waals surface area contributed by atoms with Crippen LogP contribution in [0.1, 0.15) is 38.2 Å². The Bertz CT molecular complexity index is 1160. The van der Waals surface area contributed by atoms with Gasteiger partial charge in [-0.1, -0.05) is 13.8 Å². The van der Waals surface area contributed by atoms with E-state index in [1.54, 1.807) is 6.20 Å². The molecule has 0 aromatic carbocycles. The minimum absolute atomic E-state index is 0.392. The van der Waals surface area contributed by atoms with Crippen molar-refractivity contribution in [3.8, 4) is 11.1 Å². The van der Waals surface area contributed by atoms with E-state index in [9.17, 15) is 0 Å². The quantitative estimate of drug-likeness (QED) is 0.524. The van der Waals surface area contributed by atoms with E-state index in [1.807, 2.05) is 35.3 Å². The molecule has 0 spiro atoms. The van der Waals surface area contributed by atoms with Crippen molar-refractivity contribution in [3.05, 3.63) is 54.6 Å². The smallest absolute Gasteiger partial charge is 0.154 e. The van der Waals surface area contributed by atoms with E-state index >= 15 is 0 Å². The van der Waals surface area contributed by atoms with Crippen LogP contribution in [0.3, 0.4) is 0 Å². The van der Waals surface area contributed by atoms with E-state index in [0.717, 1.165) is 46.0 Å². The lowest BCUT2D eigenvalue weighted by Gasteiger charge is -2.09. The fourth-order valence-electron chi connectivity index (χ4n) is 3.30. The van der Waals surface area contributed by atoms with Crippen LogP contribution in [0.25, 0.3) is 22.2 Å². The van der Waals surface area contributed by atoms with Gasteiger partial charge < -0.3 is 5.32 Å². The van der Waals surface area contributed by atoms with Crippen molar-refractivity contribution in [2.24, 2.45) is 5.92 Å². The number of hydrogen-bond acceptors (Lipinski definition) is 6. The Balaban J connectivity index is 1.41. The van der Waals surface area contributed by atoms with Crippen molar-refractivity contribution in [2.45, 2.75) is 39.2 Å². The highest BCUT2D eigenvalue weighted by atomic mass is 15.3. The summed E-state index contributed by atoms with van der Waals surface area (Å²) in [5.41, 5.74) is 4.90. The fourth-order valence-corrected chi connectivity index (χ4v) is 3.30. The zero-order chi connectivity index (χ0) is 19.8. The molecule has 146 valence electrons. The monoisotopic (exact) mass is 385 g/mol. The molecule has 1 saturated carbocycles. The minimum atomic E-state index is 0.392. The van der Waals surface area contributed by atoms with Crippen molar-refractivity contribution in [1.29, 1.82) is 0 Å². The molecule has 0 unspecified atom stereocenters. The van der Waals surface area contributed by atoms with Gasteiger partial charge in [-0.25, -0.2) is 4.98 Å². The first kappa shape index (κ1) is 17.7. The van der Waals surface area contributed by atoms with Crippen LogP contribution in [-0.4, -0.2) is 29.9 Å². The molecule has 5 rings (SSSR count). The maximum absolute atomic E-state index is 4.73. The molecule has 1 N–H and O–H groups in total. The summed E-state index contributed by atoms with van der Waals surface area (Å²) in [6.45, 7) is 5.27. The van der Waals surface area contributed by atoms with Crippen LogP contribution in [0.15, 0.2) is 49.1 Å². The Morgan fingerprint density at radius 1 is 1.03 bits per heavy atom. The Hall–Kier alpha value is -3.35. The Morgan fingerprint density at radius 3 is 2.76 bits per heavy atom. The number of nitrogens with zero attached hydrogens (tertiary/aromatic N) is 6. The Kier molecular flexibility index (Phi) is 4.42. The number of nitrogens with one attached hydrogen (secondary N) is 1. The van der Waals surface area contributed by atoms with Gasteiger partial charge in [-0.3, -0.25) is 9.67 Å². The fraction of sp³-hybridized carbons (Fsp3) is 0.318. The van der Waals surface area contributed by atoms with E-state index < -0.39 is 0 Å². The Labute approximate surface area is 169 Å². The third kappa shape index (κ3) is 3.94. The van der Waals surface area contributed by atoms with Crippen LogP contribution in [0.4, 0.5) is 11.6 Å². The summed E-state index contributed by atoms with van der Waals surface area (Å²) in [5, 5.41) is 16.0. The van der Waals surface area contributed by atoms with Gasteiger partial charge in [0.05, 0.1) is 23.4 Å². The average Bonchev–Trinajstić information content (AvgIpc) is 3.42. The summed E-state index contributed by atoms with van der Waals surface area (Å²) < 4.78 is 2.03. The van der Waals surface area contributed by atoms with Crippen molar-refractivity contribution in [3.63, 3.8) is 0 Å². The molecule has 4 aromatic heterocycles. The lowest BCUT2D eigenvalue weighted by Crippen LogP contribution is -2.00. The van der Waals surface area contributed by atoms with Crippen molar-refractivity contribution in [2.75, 3.05) is 5.32 Å². The molecule has 7 nitrogen and oxygen atoms in total. The largest absolute Gasteiger partial charge is 0.323 e. The van der Waals surface area contributed by atoms with Crippen LogP contribution in [-0.2, 0) is 6.54 Å². The van der Waals surface area contributed by atoms with Crippen molar-refractivity contribution in [1.82, 2.24) is 29.9 Å².